The van der Waals surface area contributed by atoms with Crippen LogP contribution in [0.5, 0.6) is 0 Å². The molecule has 1 aromatic heterocycles. The lowest BCUT2D eigenvalue weighted by atomic mass is 9.83. The Labute approximate surface area is 232 Å². The second-order valence-electron chi connectivity index (χ2n) is 10.1. The summed E-state index contributed by atoms with van der Waals surface area (Å²) >= 11 is 0. The highest BCUT2D eigenvalue weighted by atomic mass is 31.0. The molecule has 1 unspecified atom stereocenters. The van der Waals surface area contributed by atoms with E-state index in [1.807, 2.05) is 0 Å². The molecule has 2 aliphatic rings. The number of amides is 1. The molecule has 2 aromatic carbocycles. The van der Waals surface area contributed by atoms with Crippen LogP contribution in [0.4, 0.5) is 30.7 Å². The number of ether oxygens (including phenoxy) is 1. The van der Waals surface area contributed by atoms with Gasteiger partial charge in [-0.15, -0.1) is 9.24 Å². The first-order valence-corrected chi connectivity index (χ1v) is 13.2. The van der Waals surface area contributed by atoms with Gasteiger partial charge in [-0.25, -0.2) is 4.39 Å². The highest BCUT2D eigenvalue weighted by Crippen LogP contribution is 2.46. The normalized spacial score (nSPS) is 22.1. The van der Waals surface area contributed by atoms with Crippen molar-refractivity contribution in [2.75, 3.05) is 6.54 Å². The topological polar surface area (TPSA) is 55.6 Å². The van der Waals surface area contributed by atoms with E-state index in [9.17, 15) is 35.5 Å². The fourth-order valence-electron chi connectivity index (χ4n) is 5.67. The SMILES string of the molecule is Cc1noc(C)c1C1=CC(=O)N2C[C@H](O[C@H](P)c3cc(C(F)(F)F)cc(C(F)(F)F)c3)[C@@H](c3ccc(F)cc3)[C@@H]2C1. The number of aryl methyl sites for hydroxylation is 2. The first-order valence-electron chi connectivity index (χ1n) is 12.5. The summed E-state index contributed by atoms with van der Waals surface area (Å²) in [5, 5.41) is 3.96. The van der Waals surface area contributed by atoms with E-state index in [2.05, 4.69) is 14.4 Å². The molecule has 0 aliphatic carbocycles. The molecule has 2 aliphatic heterocycles. The number of hydrogen-bond donors (Lipinski definition) is 0. The van der Waals surface area contributed by atoms with E-state index < -0.39 is 53.2 Å². The Hall–Kier alpha value is -3.24. The molecule has 13 heteroatoms. The third kappa shape index (κ3) is 5.77. The number of carbonyl (C=O) groups is 1. The predicted octanol–water partition coefficient (Wildman–Crippen LogP) is 7.21. The zero-order valence-corrected chi connectivity index (χ0v) is 22.8. The van der Waals surface area contributed by atoms with Crippen LogP contribution >= 0.6 is 9.24 Å². The van der Waals surface area contributed by atoms with Gasteiger partial charge in [0.05, 0.1) is 28.8 Å². The van der Waals surface area contributed by atoms with Crippen LogP contribution in [0, 0.1) is 19.7 Å². The Kier molecular flexibility index (Phi) is 7.53. The summed E-state index contributed by atoms with van der Waals surface area (Å²) in [6.07, 6.45) is -9.05. The molecule has 3 heterocycles. The summed E-state index contributed by atoms with van der Waals surface area (Å²) < 4.78 is 106. The summed E-state index contributed by atoms with van der Waals surface area (Å²) in [4.78, 5) is 14.8. The van der Waals surface area contributed by atoms with Crippen LogP contribution in [0.1, 0.15) is 57.5 Å². The molecule has 218 valence electrons. The van der Waals surface area contributed by atoms with Crippen LogP contribution < -0.4 is 0 Å². The number of alkyl halides is 6. The van der Waals surface area contributed by atoms with Crippen LogP contribution in [0.15, 0.2) is 53.1 Å². The van der Waals surface area contributed by atoms with Crippen LogP contribution in [0.25, 0.3) is 5.57 Å². The molecule has 5 nitrogen and oxygen atoms in total. The van der Waals surface area contributed by atoms with Crippen molar-refractivity contribution in [3.05, 3.63) is 93.6 Å². The van der Waals surface area contributed by atoms with Crippen LogP contribution in [-0.4, -0.2) is 34.7 Å². The van der Waals surface area contributed by atoms with Gasteiger partial charge in [-0.05, 0) is 67.3 Å². The smallest absolute Gasteiger partial charge is 0.364 e. The van der Waals surface area contributed by atoms with E-state index in [0.717, 1.165) is 0 Å². The van der Waals surface area contributed by atoms with Crippen molar-refractivity contribution < 1.29 is 44.8 Å². The summed E-state index contributed by atoms with van der Waals surface area (Å²) in [6.45, 7) is 3.48. The quantitative estimate of drug-likeness (QED) is 0.230. The van der Waals surface area contributed by atoms with E-state index in [0.29, 0.717) is 46.7 Å². The lowest BCUT2D eigenvalue weighted by Gasteiger charge is -2.32. The Bertz CT molecular complexity index is 1450. The number of rotatable bonds is 5. The molecule has 0 bridgehead atoms. The third-order valence-electron chi connectivity index (χ3n) is 7.47. The van der Waals surface area contributed by atoms with E-state index in [1.54, 1.807) is 18.7 Å². The molecule has 0 radical (unpaired) electrons. The minimum absolute atomic E-state index is 0.0207. The third-order valence-corrected chi connectivity index (χ3v) is 8.01. The van der Waals surface area contributed by atoms with E-state index in [-0.39, 0.29) is 24.1 Å². The molecule has 41 heavy (non-hydrogen) atoms. The zero-order chi connectivity index (χ0) is 29.9. The highest BCUT2D eigenvalue weighted by Gasteiger charge is 2.48. The molecule has 3 aromatic rings. The molecule has 1 amide bonds. The van der Waals surface area contributed by atoms with E-state index in [1.165, 1.54) is 30.3 Å². The van der Waals surface area contributed by atoms with Crippen molar-refractivity contribution in [1.29, 1.82) is 0 Å². The lowest BCUT2D eigenvalue weighted by Crippen LogP contribution is -2.39. The first kappa shape index (κ1) is 29.3. The fourth-order valence-corrected chi connectivity index (χ4v) is 6.06. The second-order valence-corrected chi connectivity index (χ2v) is 10.7. The molecule has 1 fully saturated rings. The Balaban J connectivity index is 1.51. The van der Waals surface area contributed by atoms with Gasteiger partial charge in [-0.3, -0.25) is 4.79 Å². The number of halogens is 7. The molecule has 0 saturated carbocycles. The Morgan fingerprint density at radius 3 is 2.17 bits per heavy atom. The maximum Gasteiger partial charge on any atom is 0.416 e. The summed E-state index contributed by atoms with van der Waals surface area (Å²) in [5.41, 5.74) is -0.700. The number of hydrogen-bond acceptors (Lipinski definition) is 4. The zero-order valence-electron chi connectivity index (χ0n) is 21.7. The maximum absolute atomic E-state index is 13.8. The van der Waals surface area contributed by atoms with Gasteiger partial charge in [0, 0.05) is 30.1 Å². The van der Waals surface area contributed by atoms with Gasteiger partial charge >= 0.3 is 12.4 Å². The van der Waals surface area contributed by atoms with Gasteiger partial charge in [0.2, 0.25) is 5.91 Å². The summed E-state index contributed by atoms with van der Waals surface area (Å²) in [6, 6.07) is 6.34. The molecular weight excluding hydrogens is 576 g/mol. The monoisotopic (exact) mass is 600 g/mol. The van der Waals surface area contributed by atoms with Crippen molar-refractivity contribution in [1.82, 2.24) is 10.1 Å². The van der Waals surface area contributed by atoms with Crippen molar-refractivity contribution in [2.45, 2.75) is 56.5 Å². The Morgan fingerprint density at radius 1 is 1.02 bits per heavy atom. The number of nitrogens with zero attached hydrogens (tertiary/aromatic N) is 2. The number of carbonyl (C=O) groups excluding carboxylic acids is 1. The molecule has 0 spiro atoms. The van der Waals surface area contributed by atoms with Crippen LogP contribution in [-0.2, 0) is 21.9 Å². The van der Waals surface area contributed by atoms with E-state index >= 15 is 0 Å². The molecule has 5 atom stereocenters. The largest absolute Gasteiger partial charge is 0.416 e. The average Bonchev–Trinajstić information content (AvgIpc) is 3.42. The highest BCUT2D eigenvalue weighted by molar-refractivity contribution is 7.16. The summed E-state index contributed by atoms with van der Waals surface area (Å²) in [7, 11) is 2.15. The lowest BCUT2D eigenvalue weighted by molar-refractivity contribution is -0.143. The Morgan fingerprint density at radius 2 is 1.63 bits per heavy atom. The second kappa shape index (κ2) is 10.5. The van der Waals surface area contributed by atoms with Crippen molar-refractivity contribution in [3.8, 4) is 0 Å². The minimum atomic E-state index is -5.02. The number of fused-ring (bicyclic) bond motifs is 1. The van der Waals surface area contributed by atoms with Crippen LogP contribution in [0.2, 0.25) is 0 Å². The van der Waals surface area contributed by atoms with Crippen molar-refractivity contribution in [3.63, 3.8) is 0 Å². The maximum atomic E-state index is 13.8. The number of benzene rings is 2. The predicted molar refractivity (Wildman–Crippen MR) is 137 cm³/mol. The molecule has 1 saturated heterocycles. The van der Waals surface area contributed by atoms with Gasteiger partial charge in [-0.2, -0.15) is 26.3 Å². The average molecular weight is 600 g/mol. The molecule has 5 rings (SSSR count). The summed E-state index contributed by atoms with van der Waals surface area (Å²) in [5.74, 6) is -2.16. The molecular formula is C28H24F7N2O3P. The fraction of sp³-hybridized carbons (Fsp3) is 0.357. The van der Waals surface area contributed by atoms with Crippen molar-refractivity contribution in [2.24, 2.45) is 0 Å². The van der Waals surface area contributed by atoms with Crippen molar-refractivity contribution >= 4 is 20.7 Å². The van der Waals surface area contributed by atoms with Gasteiger partial charge in [-0.1, -0.05) is 17.3 Å². The van der Waals surface area contributed by atoms with Gasteiger partial charge < -0.3 is 14.2 Å². The van der Waals surface area contributed by atoms with Gasteiger partial charge in [0.15, 0.2) is 0 Å². The van der Waals surface area contributed by atoms with Gasteiger partial charge in [0.25, 0.3) is 0 Å². The van der Waals surface area contributed by atoms with Gasteiger partial charge in [0.1, 0.15) is 11.6 Å². The number of aromatic nitrogens is 1. The minimum Gasteiger partial charge on any atom is -0.364 e. The van der Waals surface area contributed by atoms with Crippen LogP contribution in [0.3, 0.4) is 0 Å². The van der Waals surface area contributed by atoms with E-state index in [4.69, 9.17) is 9.26 Å². The molecule has 0 N–H and O–H groups in total. The standard InChI is InChI=1S/C28H24F7N2O3P/c1-13-24(14(2)40-36-13)16-9-21-25(15-3-5-20(29)6-4-15)22(12-37(21)23(38)10-16)39-26(41)17-7-18(27(30,31)32)11-19(8-17)28(33,34)35/h3-8,10-11,21-22,25-26H,9,12,41H2,1-2H3/t21-,22-,25-,26+/m0/s1. The first-order chi connectivity index (χ1) is 19.1.